The Morgan fingerprint density at radius 1 is 1.18 bits per heavy atom. The van der Waals surface area contributed by atoms with Crippen LogP contribution in [0.4, 0.5) is 0 Å². The van der Waals surface area contributed by atoms with Gasteiger partial charge < -0.3 is 9.84 Å². The number of aliphatic hydroxyl groups is 1. The van der Waals surface area contributed by atoms with Crippen molar-refractivity contribution in [2.75, 3.05) is 19.4 Å². The van der Waals surface area contributed by atoms with Gasteiger partial charge in [0.1, 0.15) is 5.75 Å². The van der Waals surface area contributed by atoms with Crippen LogP contribution >= 0.6 is 11.8 Å². The lowest BCUT2D eigenvalue weighted by Crippen LogP contribution is -2.26. The van der Waals surface area contributed by atoms with E-state index in [0.717, 1.165) is 4.90 Å². The molecule has 0 aromatic heterocycles. The van der Waals surface area contributed by atoms with Crippen molar-refractivity contribution in [3.8, 4) is 5.75 Å². The van der Waals surface area contributed by atoms with Gasteiger partial charge >= 0.3 is 0 Å². The van der Waals surface area contributed by atoms with Crippen molar-refractivity contribution in [3.63, 3.8) is 0 Å². The minimum absolute atomic E-state index is 0.0478. The molecule has 0 saturated heterocycles. The Hall–Kier alpha value is -1.79. The third-order valence-corrected chi connectivity index (χ3v) is 4.15. The molecule has 2 rings (SSSR count). The Morgan fingerprint density at radius 3 is 2.36 bits per heavy atom. The molecule has 22 heavy (non-hydrogen) atoms. The molecule has 0 radical (unpaired) electrons. The van der Waals surface area contributed by atoms with Gasteiger partial charge in [0.25, 0.3) is 11.8 Å². The molecule has 0 unspecified atom stereocenters. The van der Waals surface area contributed by atoms with Gasteiger partial charge in [-0.25, -0.2) is 0 Å². The van der Waals surface area contributed by atoms with Gasteiger partial charge in [0.15, 0.2) is 0 Å². The number of hydrogen-bond acceptors (Lipinski definition) is 5. The van der Waals surface area contributed by atoms with E-state index >= 15 is 0 Å². The van der Waals surface area contributed by atoms with Crippen LogP contribution < -0.4 is 4.74 Å². The quantitative estimate of drug-likeness (QED) is 0.811. The molecule has 0 aliphatic carbocycles. The first-order valence-corrected chi connectivity index (χ1v) is 8.01. The summed E-state index contributed by atoms with van der Waals surface area (Å²) >= 11 is 1.20. The summed E-state index contributed by atoms with van der Waals surface area (Å²) in [4.78, 5) is 25.9. The van der Waals surface area contributed by atoms with Gasteiger partial charge in [-0.1, -0.05) is 12.1 Å². The number of ether oxygens (including phenoxy) is 1. The lowest BCUT2D eigenvalue weighted by molar-refractivity contribution is -0.134. The number of hydrogen-bond donors (Lipinski definition) is 1. The highest BCUT2D eigenvalue weighted by Gasteiger charge is 2.36. The van der Waals surface area contributed by atoms with Crippen molar-refractivity contribution < 1.29 is 19.4 Å². The zero-order valence-electron chi connectivity index (χ0n) is 12.8. The number of benzene rings is 1. The Bertz CT molecular complexity index is 607. The first-order chi connectivity index (χ1) is 10.5. The molecule has 6 heteroatoms. The highest BCUT2D eigenvalue weighted by molar-refractivity contribution is 8.04. The van der Waals surface area contributed by atoms with Crippen molar-refractivity contribution in [1.29, 1.82) is 0 Å². The largest absolute Gasteiger partial charge is 0.491 e. The number of carbonyl (C=O) groups excluding carboxylic acids is 2. The predicted molar refractivity (Wildman–Crippen MR) is 86.4 cm³/mol. The van der Waals surface area contributed by atoms with Gasteiger partial charge in [-0.15, -0.1) is 11.8 Å². The first kappa shape index (κ1) is 16.6. The summed E-state index contributed by atoms with van der Waals surface area (Å²) in [6.45, 7) is 3.83. The van der Waals surface area contributed by atoms with Gasteiger partial charge in [-0.3, -0.25) is 14.5 Å². The second-order valence-electron chi connectivity index (χ2n) is 5.14. The number of carbonyl (C=O) groups is 2. The molecule has 1 aliphatic rings. The van der Waals surface area contributed by atoms with Crippen LogP contribution in [-0.4, -0.2) is 47.3 Å². The highest BCUT2D eigenvalue weighted by Crippen LogP contribution is 2.35. The molecule has 1 aromatic rings. The molecule has 118 valence electrons. The number of likely N-dealkylation sites (N-methyl/N-ethyl adjacent to an activating group) is 1. The number of rotatable bonds is 6. The van der Waals surface area contributed by atoms with Crippen molar-refractivity contribution in [2.24, 2.45) is 0 Å². The third kappa shape index (κ3) is 3.34. The van der Waals surface area contributed by atoms with E-state index in [-0.39, 0.29) is 24.5 Å². The van der Waals surface area contributed by atoms with E-state index in [4.69, 9.17) is 9.84 Å². The van der Waals surface area contributed by atoms with E-state index in [1.807, 2.05) is 13.8 Å². The fraction of sp³-hybridized carbons (Fsp3) is 0.375. The van der Waals surface area contributed by atoms with Gasteiger partial charge in [0.05, 0.1) is 23.2 Å². The number of nitrogens with zero attached hydrogens (tertiary/aromatic N) is 1. The Labute approximate surface area is 133 Å². The van der Waals surface area contributed by atoms with E-state index in [9.17, 15) is 9.59 Å². The summed E-state index contributed by atoms with van der Waals surface area (Å²) < 4.78 is 5.58. The van der Waals surface area contributed by atoms with E-state index in [1.54, 1.807) is 24.3 Å². The molecule has 0 saturated carbocycles. The summed E-state index contributed by atoms with van der Waals surface area (Å²) in [7, 11) is 1.47. The van der Waals surface area contributed by atoms with Crippen LogP contribution in [0.1, 0.15) is 19.4 Å². The molecule has 0 fully saturated rings. The monoisotopic (exact) mass is 321 g/mol. The summed E-state index contributed by atoms with van der Waals surface area (Å²) in [6, 6.07) is 7.12. The Morgan fingerprint density at radius 2 is 1.82 bits per heavy atom. The summed E-state index contributed by atoms with van der Waals surface area (Å²) in [5, 5.41) is 8.95. The van der Waals surface area contributed by atoms with Crippen molar-refractivity contribution in [2.45, 2.75) is 20.0 Å². The lowest BCUT2D eigenvalue weighted by atomic mass is 10.1. The van der Waals surface area contributed by atoms with Crippen LogP contribution in [0.2, 0.25) is 0 Å². The molecule has 1 N–H and O–H groups in total. The number of imide groups is 1. The molecule has 0 spiro atoms. The van der Waals surface area contributed by atoms with Gasteiger partial charge in [0, 0.05) is 12.8 Å². The number of aliphatic hydroxyl groups excluding tert-OH is 1. The maximum absolute atomic E-state index is 12.3. The molecule has 1 aliphatic heterocycles. The van der Waals surface area contributed by atoms with Gasteiger partial charge in [-0.05, 0) is 31.5 Å². The maximum Gasteiger partial charge on any atom is 0.267 e. The van der Waals surface area contributed by atoms with E-state index in [1.165, 1.54) is 18.8 Å². The zero-order chi connectivity index (χ0) is 16.3. The minimum Gasteiger partial charge on any atom is -0.491 e. The van der Waals surface area contributed by atoms with Gasteiger partial charge in [-0.2, -0.15) is 0 Å². The fourth-order valence-electron chi connectivity index (χ4n) is 2.12. The molecule has 2 amide bonds. The number of amides is 2. The maximum atomic E-state index is 12.3. The predicted octanol–water partition coefficient (Wildman–Crippen LogP) is 1.91. The second kappa shape index (κ2) is 6.98. The average Bonchev–Trinajstić information content (AvgIpc) is 2.70. The normalized spacial score (nSPS) is 15.2. The average molecular weight is 321 g/mol. The topological polar surface area (TPSA) is 66.8 Å². The van der Waals surface area contributed by atoms with Crippen LogP contribution in [0.5, 0.6) is 5.75 Å². The van der Waals surface area contributed by atoms with Crippen LogP contribution in [0.25, 0.3) is 5.57 Å². The molecular weight excluding hydrogens is 302 g/mol. The SMILES string of the molecule is CC(C)Oc1ccc(C2=C(SCCO)C(=O)N(C)C2=O)cc1. The Kier molecular flexibility index (Phi) is 5.26. The van der Waals surface area contributed by atoms with Crippen LogP contribution in [0, 0.1) is 0 Å². The molecule has 0 bridgehead atoms. The van der Waals surface area contributed by atoms with Crippen molar-refractivity contribution in [3.05, 3.63) is 34.7 Å². The van der Waals surface area contributed by atoms with Crippen LogP contribution in [0.15, 0.2) is 29.2 Å². The zero-order valence-corrected chi connectivity index (χ0v) is 13.6. The van der Waals surface area contributed by atoms with E-state index in [2.05, 4.69) is 0 Å². The van der Waals surface area contributed by atoms with E-state index in [0.29, 0.717) is 27.5 Å². The second-order valence-corrected chi connectivity index (χ2v) is 6.24. The molecule has 0 atom stereocenters. The number of thioether (sulfide) groups is 1. The minimum atomic E-state index is -0.319. The van der Waals surface area contributed by atoms with Crippen molar-refractivity contribution in [1.82, 2.24) is 4.90 Å². The summed E-state index contributed by atoms with van der Waals surface area (Å²) in [5.74, 6) is 0.457. The molecule has 5 nitrogen and oxygen atoms in total. The molecule has 1 heterocycles. The van der Waals surface area contributed by atoms with Crippen LogP contribution in [-0.2, 0) is 9.59 Å². The fourth-order valence-corrected chi connectivity index (χ4v) is 3.03. The van der Waals surface area contributed by atoms with Crippen molar-refractivity contribution >= 4 is 29.1 Å². The van der Waals surface area contributed by atoms with E-state index < -0.39 is 0 Å². The van der Waals surface area contributed by atoms with Gasteiger partial charge in [0.2, 0.25) is 0 Å². The smallest absolute Gasteiger partial charge is 0.267 e. The lowest BCUT2D eigenvalue weighted by Gasteiger charge is -2.10. The standard InChI is InChI=1S/C16H19NO4S/c1-10(2)21-12-6-4-11(5-7-12)13-14(22-9-8-18)16(20)17(3)15(13)19/h4-7,10,18H,8-9H2,1-3H3. The molecular formula is C16H19NO4S. The first-order valence-electron chi connectivity index (χ1n) is 7.03. The summed E-state index contributed by atoms with van der Waals surface area (Å²) in [6.07, 6.45) is 0.0709. The summed E-state index contributed by atoms with van der Waals surface area (Å²) in [5.41, 5.74) is 1.07. The van der Waals surface area contributed by atoms with Crippen LogP contribution in [0.3, 0.4) is 0 Å². The highest BCUT2D eigenvalue weighted by atomic mass is 32.2. The third-order valence-electron chi connectivity index (χ3n) is 3.10. The molecule has 1 aromatic carbocycles. The Balaban J connectivity index is 2.35.